The van der Waals surface area contributed by atoms with Crippen molar-refractivity contribution < 1.29 is 24.2 Å². The first kappa shape index (κ1) is 23.8. The number of hydrazine groups is 1. The molecule has 0 saturated carbocycles. The fourth-order valence-corrected chi connectivity index (χ4v) is 4.09. The van der Waals surface area contributed by atoms with Gasteiger partial charge in [0.25, 0.3) is 29.1 Å². The molecule has 0 saturated heterocycles. The average molecular weight is 515 g/mol. The second-order valence-electron chi connectivity index (χ2n) is 7.25. The molecule has 0 spiro atoms. The Morgan fingerprint density at radius 3 is 2.20 bits per heavy atom. The van der Waals surface area contributed by atoms with E-state index in [1.165, 1.54) is 42.5 Å². The Labute approximate surface area is 206 Å². The van der Waals surface area contributed by atoms with Crippen LogP contribution in [0.2, 0.25) is 10.0 Å². The van der Waals surface area contributed by atoms with Crippen molar-refractivity contribution >= 4 is 52.3 Å². The molecule has 35 heavy (non-hydrogen) atoms. The quantitative estimate of drug-likeness (QED) is 0.264. The lowest BCUT2D eigenvalue weighted by Gasteiger charge is -2.30. The van der Waals surface area contributed by atoms with Crippen LogP contribution < -0.4 is 0 Å². The Balaban J connectivity index is 1.87. The molecule has 3 aromatic carbocycles. The van der Waals surface area contributed by atoms with Gasteiger partial charge in [-0.1, -0.05) is 47.5 Å². The molecule has 3 amide bonds. The Hall–Kier alpha value is -4.35. The molecule has 176 valence electrons. The number of carbonyl (C=O) groups excluding carboxylic acids is 3. The third-order valence-corrected chi connectivity index (χ3v) is 5.80. The molecule has 0 aliphatic carbocycles. The summed E-state index contributed by atoms with van der Waals surface area (Å²) in [5.41, 5.74) is -2.11. The van der Waals surface area contributed by atoms with Crippen LogP contribution in [0.15, 0.2) is 60.7 Å². The van der Waals surface area contributed by atoms with Crippen LogP contribution in [0, 0.1) is 20.2 Å². The van der Waals surface area contributed by atoms with Gasteiger partial charge in [0.1, 0.15) is 11.1 Å². The Kier molecular flexibility index (Phi) is 6.20. The smallest absolute Gasteiger partial charge is 0.267 e. The Bertz CT molecular complexity index is 1440. The van der Waals surface area contributed by atoms with Crippen LogP contribution in [-0.2, 0) is 6.54 Å². The number of nitro groups is 2. The van der Waals surface area contributed by atoms with E-state index in [2.05, 4.69) is 0 Å². The molecule has 0 unspecified atom stereocenters. The number of carbonyl (C=O) groups is 3. The molecule has 0 fully saturated rings. The standard InChI is InChI=1S/C22H12Cl2N4O7/c23-13-9-8-12(16(24)10-13)11-25(20(29)14-4-1-2-6-17(14)27(32)33)26-21(30)15-5-3-7-18(28(34)35)19(15)22(26)31/h1-10H,11H2. The number of para-hydroxylation sites is 1. The minimum absolute atomic E-state index is 0.0976. The van der Waals surface area contributed by atoms with E-state index in [0.29, 0.717) is 10.0 Å². The molecule has 0 atom stereocenters. The molecule has 1 aliphatic heterocycles. The number of imide groups is 1. The van der Waals surface area contributed by atoms with Crippen molar-refractivity contribution in [3.63, 3.8) is 0 Å². The van der Waals surface area contributed by atoms with Crippen LogP contribution in [0.3, 0.4) is 0 Å². The lowest BCUT2D eigenvalue weighted by molar-refractivity contribution is -0.385. The first-order valence-electron chi connectivity index (χ1n) is 9.77. The minimum Gasteiger partial charge on any atom is -0.267 e. The maximum Gasteiger partial charge on any atom is 0.287 e. The van der Waals surface area contributed by atoms with Gasteiger partial charge in [-0.05, 0) is 29.8 Å². The largest absolute Gasteiger partial charge is 0.287 e. The number of rotatable bonds is 6. The maximum absolute atomic E-state index is 13.6. The number of fused-ring (bicyclic) bond motifs is 1. The molecule has 1 heterocycles. The molecule has 3 aromatic rings. The van der Waals surface area contributed by atoms with E-state index in [0.717, 1.165) is 18.2 Å². The highest BCUT2D eigenvalue weighted by atomic mass is 35.5. The number of hydrogen-bond donors (Lipinski definition) is 0. The highest BCUT2D eigenvalue weighted by molar-refractivity contribution is 6.35. The van der Waals surface area contributed by atoms with Gasteiger partial charge in [0.2, 0.25) is 0 Å². The van der Waals surface area contributed by atoms with Crippen LogP contribution in [0.4, 0.5) is 11.4 Å². The molecule has 4 rings (SSSR count). The van der Waals surface area contributed by atoms with Gasteiger partial charge in [-0.25, -0.2) is 5.01 Å². The lowest BCUT2D eigenvalue weighted by Crippen LogP contribution is -2.49. The van der Waals surface area contributed by atoms with Gasteiger partial charge >= 0.3 is 0 Å². The Morgan fingerprint density at radius 1 is 0.886 bits per heavy atom. The highest BCUT2D eigenvalue weighted by Crippen LogP contribution is 2.34. The molecular weight excluding hydrogens is 503 g/mol. The zero-order chi connectivity index (χ0) is 25.4. The van der Waals surface area contributed by atoms with Gasteiger partial charge in [-0.2, -0.15) is 5.01 Å². The van der Waals surface area contributed by atoms with Crippen LogP contribution in [0.1, 0.15) is 36.6 Å². The summed E-state index contributed by atoms with van der Waals surface area (Å²) >= 11 is 12.2. The van der Waals surface area contributed by atoms with Crippen molar-refractivity contribution in [3.8, 4) is 0 Å². The van der Waals surface area contributed by atoms with Gasteiger partial charge in [-0.3, -0.25) is 34.6 Å². The molecular formula is C22H12Cl2N4O7. The van der Waals surface area contributed by atoms with Crippen LogP contribution in [0.25, 0.3) is 0 Å². The fourth-order valence-electron chi connectivity index (χ4n) is 3.62. The molecule has 0 N–H and O–H groups in total. The fraction of sp³-hybridized carbons (Fsp3) is 0.0455. The number of nitro benzene ring substituents is 2. The van der Waals surface area contributed by atoms with E-state index in [4.69, 9.17) is 23.2 Å². The summed E-state index contributed by atoms with van der Waals surface area (Å²) in [5.74, 6) is -3.21. The highest BCUT2D eigenvalue weighted by Gasteiger charge is 2.46. The first-order chi connectivity index (χ1) is 16.6. The first-order valence-corrected chi connectivity index (χ1v) is 10.5. The predicted octanol–water partition coefficient (Wildman–Crippen LogP) is 4.66. The number of hydrogen-bond acceptors (Lipinski definition) is 7. The van der Waals surface area contributed by atoms with Crippen molar-refractivity contribution in [2.24, 2.45) is 0 Å². The van der Waals surface area contributed by atoms with E-state index in [1.807, 2.05) is 0 Å². The van der Waals surface area contributed by atoms with E-state index in [1.54, 1.807) is 0 Å². The number of halogens is 2. The van der Waals surface area contributed by atoms with Crippen LogP contribution in [-0.4, -0.2) is 37.6 Å². The molecule has 0 radical (unpaired) electrons. The summed E-state index contributed by atoms with van der Waals surface area (Å²) < 4.78 is 0. The van der Waals surface area contributed by atoms with E-state index < -0.39 is 56.6 Å². The summed E-state index contributed by atoms with van der Waals surface area (Å²) in [7, 11) is 0. The van der Waals surface area contributed by atoms with Crippen molar-refractivity contribution in [1.82, 2.24) is 10.0 Å². The average Bonchev–Trinajstić information content (AvgIpc) is 3.08. The van der Waals surface area contributed by atoms with Gasteiger partial charge in [0, 0.05) is 22.2 Å². The van der Waals surface area contributed by atoms with Gasteiger partial charge in [-0.15, -0.1) is 0 Å². The van der Waals surface area contributed by atoms with Crippen LogP contribution >= 0.6 is 23.2 Å². The van der Waals surface area contributed by atoms with Crippen molar-refractivity contribution in [2.45, 2.75) is 6.54 Å². The minimum atomic E-state index is -1.13. The van der Waals surface area contributed by atoms with E-state index >= 15 is 0 Å². The van der Waals surface area contributed by atoms with Gasteiger partial charge in [0.15, 0.2) is 0 Å². The van der Waals surface area contributed by atoms with Crippen molar-refractivity contribution in [2.75, 3.05) is 0 Å². The van der Waals surface area contributed by atoms with Crippen LogP contribution in [0.5, 0.6) is 0 Å². The number of benzene rings is 3. The summed E-state index contributed by atoms with van der Waals surface area (Å²) in [6, 6.07) is 12.8. The third-order valence-electron chi connectivity index (χ3n) is 5.21. The van der Waals surface area contributed by atoms with Crippen molar-refractivity contribution in [1.29, 1.82) is 0 Å². The molecule has 1 aliphatic rings. The maximum atomic E-state index is 13.6. The monoisotopic (exact) mass is 514 g/mol. The third kappa shape index (κ3) is 4.18. The van der Waals surface area contributed by atoms with Crippen molar-refractivity contribution in [3.05, 3.63) is 113 Å². The topological polar surface area (TPSA) is 144 Å². The van der Waals surface area contributed by atoms with E-state index in [9.17, 15) is 34.6 Å². The Morgan fingerprint density at radius 2 is 1.54 bits per heavy atom. The number of nitrogens with zero attached hydrogens (tertiary/aromatic N) is 4. The zero-order valence-electron chi connectivity index (χ0n) is 17.4. The zero-order valence-corrected chi connectivity index (χ0v) is 18.9. The number of amides is 3. The molecule has 0 aromatic heterocycles. The molecule has 13 heteroatoms. The predicted molar refractivity (Wildman–Crippen MR) is 123 cm³/mol. The SMILES string of the molecule is O=C(c1ccccc1[N+](=O)[O-])N(Cc1ccc(Cl)cc1Cl)N1C(=O)c2cccc([N+](=O)[O-])c2C1=O. The van der Waals surface area contributed by atoms with Gasteiger partial charge in [0.05, 0.1) is 22.0 Å². The lowest BCUT2D eigenvalue weighted by atomic mass is 10.1. The second-order valence-corrected chi connectivity index (χ2v) is 8.10. The second kappa shape index (κ2) is 9.12. The molecule has 11 nitrogen and oxygen atoms in total. The van der Waals surface area contributed by atoms with E-state index in [-0.39, 0.29) is 21.2 Å². The summed E-state index contributed by atoms with van der Waals surface area (Å²) in [6.45, 7) is -0.472. The summed E-state index contributed by atoms with van der Waals surface area (Å²) in [5, 5.41) is 24.5. The molecule has 0 bridgehead atoms. The summed E-state index contributed by atoms with van der Waals surface area (Å²) in [6.07, 6.45) is 0. The van der Waals surface area contributed by atoms with Gasteiger partial charge < -0.3 is 0 Å². The normalized spacial score (nSPS) is 12.5. The summed E-state index contributed by atoms with van der Waals surface area (Å²) in [4.78, 5) is 61.4.